The van der Waals surface area contributed by atoms with Crippen LogP contribution in [0.4, 0.5) is 4.79 Å². The van der Waals surface area contributed by atoms with Crippen molar-refractivity contribution in [2.45, 2.75) is 51.0 Å². The number of hydrogen-bond donors (Lipinski definition) is 2. The Balaban J connectivity index is 1.46. The molecule has 2 aliphatic carbocycles. The molecule has 5 heteroatoms. The number of ether oxygens (including phenoxy) is 1. The highest BCUT2D eigenvalue weighted by Gasteiger charge is 2.44. The molecule has 4 rings (SSSR count). The SMILES string of the molecule is CCC1(C(CC(=O)O)NC(=O)OCC2c3ccccc3-c3ccccc32)CCC1. The Hall–Kier alpha value is -2.82. The van der Waals surface area contributed by atoms with Crippen LogP contribution in [0.2, 0.25) is 0 Å². The van der Waals surface area contributed by atoms with Crippen molar-refractivity contribution in [3.8, 4) is 11.1 Å². The van der Waals surface area contributed by atoms with E-state index < -0.39 is 18.1 Å². The Kier molecular flexibility index (Phi) is 5.31. The summed E-state index contributed by atoms with van der Waals surface area (Å²) < 4.78 is 5.62. The molecular weight excluding hydrogens is 366 g/mol. The van der Waals surface area contributed by atoms with Crippen LogP contribution < -0.4 is 5.32 Å². The quantitative estimate of drug-likeness (QED) is 0.698. The molecule has 1 atom stereocenters. The van der Waals surface area contributed by atoms with Crippen molar-refractivity contribution in [2.24, 2.45) is 5.41 Å². The molecule has 0 heterocycles. The smallest absolute Gasteiger partial charge is 0.407 e. The van der Waals surface area contributed by atoms with Gasteiger partial charge in [-0.15, -0.1) is 0 Å². The average Bonchev–Trinajstić information content (AvgIpc) is 2.99. The Morgan fingerprint density at radius 1 is 1.10 bits per heavy atom. The average molecular weight is 393 g/mol. The van der Waals surface area contributed by atoms with E-state index in [1.54, 1.807) is 0 Å². The topological polar surface area (TPSA) is 75.6 Å². The molecule has 0 aliphatic heterocycles. The van der Waals surface area contributed by atoms with Crippen LogP contribution in [0.3, 0.4) is 0 Å². The monoisotopic (exact) mass is 393 g/mol. The minimum Gasteiger partial charge on any atom is -0.481 e. The first-order valence-corrected chi connectivity index (χ1v) is 10.4. The van der Waals surface area contributed by atoms with Gasteiger partial charge in [0.15, 0.2) is 0 Å². The van der Waals surface area contributed by atoms with Crippen LogP contribution in [0.5, 0.6) is 0 Å². The number of aliphatic carboxylic acids is 1. The minimum atomic E-state index is -0.895. The van der Waals surface area contributed by atoms with E-state index in [0.29, 0.717) is 0 Å². The molecule has 2 aromatic carbocycles. The number of benzene rings is 2. The standard InChI is InChI=1S/C24H27NO4/c1-2-24(12-7-13-24)21(14-22(26)27)25-23(28)29-15-20-18-10-5-3-8-16(18)17-9-4-6-11-19(17)20/h3-6,8-11,20-21H,2,7,12-15H2,1H3,(H,25,28)(H,26,27). The summed E-state index contributed by atoms with van der Waals surface area (Å²) in [5, 5.41) is 12.2. The van der Waals surface area contributed by atoms with E-state index in [1.165, 1.54) is 11.1 Å². The summed E-state index contributed by atoms with van der Waals surface area (Å²) in [6.45, 7) is 2.30. The molecule has 152 valence electrons. The van der Waals surface area contributed by atoms with Crippen LogP contribution in [0, 0.1) is 5.41 Å². The molecule has 0 aromatic heterocycles. The molecule has 0 bridgehead atoms. The highest BCUT2D eigenvalue weighted by Crippen LogP contribution is 2.48. The van der Waals surface area contributed by atoms with Gasteiger partial charge in [0, 0.05) is 12.0 Å². The van der Waals surface area contributed by atoms with E-state index in [4.69, 9.17) is 4.74 Å². The van der Waals surface area contributed by atoms with Crippen molar-refractivity contribution < 1.29 is 19.4 Å². The van der Waals surface area contributed by atoms with Gasteiger partial charge in [0.1, 0.15) is 6.61 Å². The second kappa shape index (κ2) is 7.90. The molecule has 0 saturated heterocycles. The Morgan fingerprint density at radius 2 is 1.69 bits per heavy atom. The van der Waals surface area contributed by atoms with Gasteiger partial charge in [-0.3, -0.25) is 4.79 Å². The van der Waals surface area contributed by atoms with Crippen molar-refractivity contribution in [3.63, 3.8) is 0 Å². The normalized spacial score (nSPS) is 17.6. The van der Waals surface area contributed by atoms with Crippen LogP contribution in [0.15, 0.2) is 48.5 Å². The molecule has 1 unspecified atom stereocenters. The second-order valence-corrected chi connectivity index (χ2v) is 8.19. The Morgan fingerprint density at radius 3 is 2.17 bits per heavy atom. The molecule has 1 amide bonds. The van der Waals surface area contributed by atoms with Gasteiger partial charge in [0.2, 0.25) is 0 Å². The Labute approximate surface area is 171 Å². The number of nitrogens with one attached hydrogen (secondary N) is 1. The molecule has 0 radical (unpaired) electrons. The van der Waals surface area contributed by atoms with Crippen molar-refractivity contribution in [1.82, 2.24) is 5.32 Å². The molecule has 1 saturated carbocycles. The van der Waals surface area contributed by atoms with Gasteiger partial charge in [0.25, 0.3) is 0 Å². The third-order valence-corrected chi connectivity index (χ3v) is 6.81. The van der Waals surface area contributed by atoms with Gasteiger partial charge in [0.05, 0.1) is 6.42 Å². The number of amides is 1. The first kappa shape index (κ1) is 19.5. The van der Waals surface area contributed by atoms with E-state index in [-0.39, 0.29) is 24.4 Å². The number of fused-ring (bicyclic) bond motifs is 3. The summed E-state index contributed by atoms with van der Waals surface area (Å²) in [7, 11) is 0. The fourth-order valence-electron chi connectivity index (χ4n) is 4.96. The van der Waals surface area contributed by atoms with Gasteiger partial charge in [-0.1, -0.05) is 61.9 Å². The summed E-state index contributed by atoms with van der Waals surface area (Å²) >= 11 is 0. The predicted octanol–water partition coefficient (Wildman–Crippen LogP) is 4.95. The minimum absolute atomic E-state index is 0.00471. The fourth-order valence-corrected chi connectivity index (χ4v) is 4.96. The molecule has 2 aliphatic rings. The van der Waals surface area contributed by atoms with Gasteiger partial charge < -0.3 is 15.2 Å². The first-order valence-electron chi connectivity index (χ1n) is 10.4. The van der Waals surface area contributed by atoms with E-state index >= 15 is 0 Å². The van der Waals surface area contributed by atoms with Gasteiger partial charge in [-0.05, 0) is 46.9 Å². The molecular formula is C24H27NO4. The lowest BCUT2D eigenvalue weighted by molar-refractivity contribution is -0.139. The first-order chi connectivity index (χ1) is 14.0. The maximum Gasteiger partial charge on any atom is 0.407 e. The van der Waals surface area contributed by atoms with Crippen LogP contribution in [0.25, 0.3) is 11.1 Å². The number of carbonyl (C=O) groups excluding carboxylic acids is 1. The molecule has 2 aromatic rings. The zero-order chi connectivity index (χ0) is 20.4. The summed E-state index contributed by atoms with van der Waals surface area (Å²) in [4.78, 5) is 23.9. The number of carbonyl (C=O) groups is 2. The zero-order valence-corrected chi connectivity index (χ0v) is 16.7. The number of hydrogen-bond acceptors (Lipinski definition) is 3. The third-order valence-electron chi connectivity index (χ3n) is 6.81. The maximum absolute atomic E-state index is 12.6. The lowest BCUT2D eigenvalue weighted by Gasteiger charge is -2.47. The van der Waals surface area contributed by atoms with Crippen LogP contribution >= 0.6 is 0 Å². The molecule has 5 nitrogen and oxygen atoms in total. The zero-order valence-electron chi connectivity index (χ0n) is 16.7. The van der Waals surface area contributed by atoms with E-state index in [0.717, 1.165) is 36.8 Å². The lowest BCUT2D eigenvalue weighted by Crippen LogP contribution is -2.52. The lowest BCUT2D eigenvalue weighted by atomic mass is 9.61. The second-order valence-electron chi connectivity index (χ2n) is 8.19. The highest BCUT2D eigenvalue weighted by atomic mass is 16.5. The van der Waals surface area contributed by atoms with Crippen LogP contribution in [0.1, 0.15) is 56.1 Å². The number of carboxylic acid groups (broad SMARTS) is 1. The molecule has 0 spiro atoms. The summed E-state index contributed by atoms with van der Waals surface area (Å²) in [6, 6.07) is 16.0. The number of alkyl carbamates (subject to hydrolysis) is 1. The predicted molar refractivity (Wildman–Crippen MR) is 111 cm³/mol. The van der Waals surface area contributed by atoms with E-state index in [9.17, 15) is 14.7 Å². The molecule has 1 fully saturated rings. The van der Waals surface area contributed by atoms with Crippen molar-refractivity contribution >= 4 is 12.1 Å². The van der Waals surface area contributed by atoms with Crippen molar-refractivity contribution in [2.75, 3.05) is 6.61 Å². The van der Waals surface area contributed by atoms with Gasteiger partial charge in [-0.2, -0.15) is 0 Å². The van der Waals surface area contributed by atoms with Gasteiger partial charge in [-0.25, -0.2) is 4.79 Å². The van der Waals surface area contributed by atoms with Crippen molar-refractivity contribution in [3.05, 3.63) is 59.7 Å². The molecule has 29 heavy (non-hydrogen) atoms. The van der Waals surface area contributed by atoms with Crippen molar-refractivity contribution in [1.29, 1.82) is 0 Å². The fraction of sp³-hybridized carbons (Fsp3) is 0.417. The van der Waals surface area contributed by atoms with Crippen LogP contribution in [-0.4, -0.2) is 29.8 Å². The summed E-state index contributed by atoms with van der Waals surface area (Å²) in [6.07, 6.45) is 3.23. The summed E-state index contributed by atoms with van der Waals surface area (Å²) in [5.41, 5.74) is 4.56. The highest BCUT2D eigenvalue weighted by molar-refractivity contribution is 5.79. The molecule has 2 N–H and O–H groups in total. The van der Waals surface area contributed by atoms with E-state index in [2.05, 4.69) is 36.5 Å². The maximum atomic E-state index is 12.6. The number of rotatable bonds is 7. The van der Waals surface area contributed by atoms with Crippen LogP contribution in [-0.2, 0) is 9.53 Å². The third kappa shape index (κ3) is 3.61. The number of carboxylic acids is 1. The summed E-state index contributed by atoms with van der Waals surface area (Å²) in [5.74, 6) is -0.899. The van der Waals surface area contributed by atoms with Gasteiger partial charge >= 0.3 is 12.1 Å². The largest absolute Gasteiger partial charge is 0.481 e. The van der Waals surface area contributed by atoms with E-state index in [1.807, 2.05) is 24.3 Å². The Bertz CT molecular complexity index is 868.